The van der Waals surface area contributed by atoms with Crippen LogP contribution in [-0.4, -0.2) is 63.6 Å². The van der Waals surface area contributed by atoms with Gasteiger partial charge in [0.2, 0.25) is 5.78 Å². The van der Waals surface area contributed by atoms with E-state index in [2.05, 4.69) is 12.2 Å². The number of Topliss-reactive ketones (excluding diaryl/α,β-unsaturated/α-hetero) is 2. The number of hydrogen-bond acceptors (Lipinski definition) is 9. The van der Waals surface area contributed by atoms with Crippen molar-refractivity contribution in [2.75, 3.05) is 19.0 Å². The van der Waals surface area contributed by atoms with Crippen molar-refractivity contribution in [3.8, 4) is 5.75 Å². The number of benzene rings is 1. The van der Waals surface area contributed by atoms with Crippen LogP contribution in [0.4, 0.5) is 5.69 Å². The molecule has 0 aromatic heterocycles. The molecular weight excluding hydrogens is 538 g/mol. The Balaban J connectivity index is 1.62. The standard InChI is InChI=1S/C32H43N3O7/c1-14(2)22-20-11-16-10-19-21(35(4)5)12-17(13-34-18-8-6-15(3)7-9-18)26(36)24(19)28(38)23(16)29(39)32(20,42)30(40)25(27(22)37)31(33)41/h12,14-16,18,20,22,34,36,38,40,42H,6-11,13H2,1-5H3,(H2,33,41)/t15?,16-,18?,20-,22-,32-/m0/s1. The third-order valence-corrected chi connectivity index (χ3v) is 10.1. The topological polar surface area (TPSA) is 173 Å². The number of phenolic OH excluding ortho intramolecular Hbond substituents is 1. The molecule has 2 fully saturated rings. The number of fused-ring (bicyclic) bond motifs is 3. The van der Waals surface area contributed by atoms with Crippen LogP contribution in [0, 0.1) is 29.6 Å². The SMILES string of the molecule is CC1CCC(NCc2cc(N(C)C)c3c(c2O)C(O)=C2C(=O)[C@]4(O)C(O)=C(C(N)=O)C(=O)[C@@H](C(C)C)[C@@H]4C[C@@H]2C3)CC1. The van der Waals surface area contributed by atoms with Crippen molar-refractivity contribution in [2.45, 2.75) is 77.5 Å². The van der Waals surface area contributed by atoms with E-state index >= 15 is 0 Å². The highest BCUT2D eigenvalue weighted by Crippen LogP contribution is 2.55. The zero-order chi connectivity index (χ0) is 30.8. The lowest BCUT2D eigenvalue weighted by Crippen LogP contribution is -2.62. The van der Waals surface area contributed by atoms with Crippen LogP contribution in [0.1, 0.15) is 69.6 Å². The van der Waals surface area contributed by atoms with E-state index < -0.39 is 57.9 Å². The molecule has 10 nitrogen and oxygen atoms in total. The molecule has 4 aliphatic carbocycles. The minimum atomic E-state index is -2.61. The molecule has 0 spiro atoms. The predicted octanol–water partition coefficient (Wildman–Crippen LogP) is 3.04. The smallest absolute Gasteiger partial charge is 0.255 e. The molecule has 10 heteroatoms. The molecule has 1 amide bonds. The van der Waals surface area contributed by atoms with Gasteiger partial charge in [0.05, 0.1) is 5.56 Å². The molecule has 0 bridgehead atoms. The minimum Gasteiger partial charge on any atom is -0.508 e. The second-order valence-electron chi connectivity index (χ2n) is 13.3. The van der Waals surface area contributed by atoms with Crippen LogP contribution < -0.4 is 16.0 Å². The van der Waals surface area contributed by atoms with Crippen molar-refractivity contribution in [1.29, 1.82) is 0 Å². The van der Waals surface area contributed by atoms with Crippen molar-refractivity contribution >= 4 is 28.9 Å². The summed E-state index contributed by atoms with van der Waals surface area (Å²) in [6, 6.07) is 2.22. The number of carbonyl (C=O) groups is 3. The molecule has 0 radical (unpaired) electrons. The number of carbonyl (C=O) groups excluding carboxylic acids is 3. The summed E-state index contributed by atoms with van der Waals surface area (Å²) < 4.78 is 0. The van der Waals surface area contributed by atoms with Gasteiger partial charge in [0.25, 0.3) is 5.91 Å². The summed E-state index contributed by atoms with van der Waals surface area (Å²) >= 11 is 0. The lowest BCUT2D eigenvalue weighted by molar-refractivity contribution is -0.155. The molecule has 1 aromatic carbocycles. The van der Waals surface area contributed by atoms with Gasteiger partial charge in [0, 0.05) is 55.3 Å². The quantitative estimate of drug-likeness (QED) is 0.276. The summed E-state index contributed by atoms with van der Waals surface area (Å²) in [5.41, 5.74) is 4.06. The summed E-state index contributed by atoms with van der Waals surface area (Å²) in [5, 5.41) is 49.6. The number of aliphatic hydroxyl groups excluding tert-OH is 2. The summed E-state index contributed by atoms with van der Waals surface area (Å²) in [4.78, 5) is 41.6. The molecule has 228 valence electrons. The fraction of sp³-hybridized carbons (Fsp3) is 0.594. The number of aliphatic hydroxyl groups is 3. The van der Waals surface area contributed by atoms with Gasteiger partial charge in [0.15, 0.2) is 11.4 Å². The number of nitrogens with two attached hydrogens (primary N) is 1. The Bertz CT molecular complexity index is 1400. The number of nitrogens with one attached hydrogen (secondary N) is 1. The number of nitrogens with zero attached hydrogens (tertiary/aromatic N) is 1. The fourth-order valence-corrected chi connectivity index (χ4v) is 7.84. The highest BCUT2D eigenvalue weighted by atomic mass is 16.3. The predicted molar refractivity (Wildman–Crippen MR) is 158 cm³/mol. The van der Waals surface area contributed by atoms with E-state index in [9.17, 15) is 34.8 Å². The Morgan fingerprint density at radius 3 is 2.36 bits per heavy atom. The molecule has 5 rings (SSSR count). The molecule has 1 aromatic rings. The van der Waals surface area contributed by atoms with Crippen LogP contribution in [0.2, 0.25) is 0 Å². The number of amides is 1. The first-order chi connectivity index (χ1) is 19.7. The Morgan fingerprint density at radius 2 is 1.79 bits per heavy atom. The number of aromatic hydroxyl groups is 1. The first-order valence-corrected chi connectivity index (χ1v) is 15.0. The normalized spacial score (nSPS) is 31.2. The summed E-state index contributed by atoms with van der Waals surface area (Å²) in [5.74, 6) is -6.79. The molecular formula is C32H43N3O7. The maximum absolute atomic E-state index is 14.1. The number of phenols is 1. The number of primary amides is 1. The summed E-state index contributed by atoms with van der Waals surface area (Å²) in [6.45, 7) is 6.12. The molecule has 2 saturated carbocycles. The Labute approximate surface area is 246 Å². The van der Waals surface area contributed by atoms with Crippen molar-refractivity contribution in [3.05, 3.63) is 39.7 Å². The number of ketones is 2. The highest BCUT2D eigenvalue weighted by molar-refractivity contribution is 6.23. The van der Waals surface area contributed by atoms with Crippen molar-refractivity contribution in [1.82, 2.24) is 5.32 Å². The van der Waals surface area contributed by atoms with E-state index in [1.54, 1.807) is 13.8 Å². The highest BCUT2D eigenvalue weighted by Gasteiger charge is 2.64. The molecule has 42 heavy (non-hydrogen) atoms. The summed E-state index contributed by atoms with van der Waals surface area (Å²) in [7, 11) is 3.74. The van der Waals surface area contributed by atoms with Gasteiger partial charge >= 0.3 is 0 Å². The van der Waals surface area contributed by atoms with Crippen LogP contribution >= 0.6 is 0 Å². The molecule has 4 atom stereocenters. The maximum atomic E-state index is 14.1. The molecule has 0 aliphatic heterocycles. The fourth-order valence-electron chi connectivity index (χ4n) is 7.84. The van der Waals surface area contributed by atoms with Gasteiger partial charge in [-0.1, -0.05) is 20.8 Å². The number of hydrogen-bond donors (Lipinski definition) is 6. The lowest BCUT2D eigenvalue weighted by Gasteiger charge is -2.50. The van der Waals surface area contributed by atoms with Gasteiger partial charge in [0.1, 0.15) is 22.8 Å². The van der Waals surface area contributed by atoms with E-state index in [1.807, 2.05) is 25.1 Å². The third kappa shape index (κ3) is 4.50. The van der Waals surface area contributed by atoms with Crippen LogP contribution in [0.25, 0.3) is 5.76 Å². The minimum absolute atomic E-state index is 0.100. The third-order valence-electron chi connectivity index (χ3n) is 10.1. The summed E-state index contributed by atoms with van der Waals surface area (Å²) in [6.07, 6.45) is 4.74. The Kier molecular flexibility index (Phi) is 7.68. The van der Waals surface area contributed by atoms with E-state index in [-0.39, 0.29) is 35.6 Å². The van der Waals surface area contributed by atoms with E-state index in [4.69, 9.17) is 5.73 Å². The second kappa shape index (κ2) is 10.7. The van der Waals surface area contributed by atoms with Crippen molar-refractivity contribution in [3.63, 3.8) is 0 Å². The zero-order valence-electron chi connectivity index (χ0n) is 25.0. The average molecular weight is 582 g/mol. The first kappa shape index (κ1) is 30.1. The molecule has 0 saturated heterocycles. The van der Waals surface area contributed by atoms with Crippen LogP contribution in [0.15, 0.2) is 23.0 Å². The van der Waals surface area contributed by atoms with E-state index in [1.165, 1.54) is 0 Å². The van der Waals surface area contributed by atoms with E-state index in [0.717, 1.165) is 31.4 Å². The van der Waals surface area contributed by atoms with Gasteiger partial charge in [-0.2, -0.15) is 0 Å². The zero-order valence-corrected chi connectivity index (χ0v) is 25.0. The Morgan fingerprint density at radius 1 is 1.14 bits per heavy atom. The van der Waals surface area contributed by atoms with Gasteiger partial charge in [-0.15, -0.1) is 0 Å². The molecule has 0 unspecified atom stereocenters. The van der Waals surface area contributed by atoms with Crippen LogP contribution in [0.3, 0.4) is 0 Å². The second-order valence-corrected chi connectivity index (χ2v) is 13.3. The van der Waals surface area contributed by atoms with Gasteiger partial charge in [-0.05, 0) is 67.9 Å². The van der Waals surface area contributed by atoms with Gasteiger partial charge < -0.3 is 36.4 Å². The first-order valence-electron chi connectivity index (χ1n) is 15.0. The monoisotopic (exact) mass is 581 g/mol. The molecule has 0 heterocycles. The number of rotatable bonds is 6. The van der Waals surface area contributed by atoms with Crippen LogP contribution in [-0.2, 0) is 27.3 Å². The molecule has 4 aliphatic rings. The lowest BCUT2D eigenvalue weighted by atomic mass is 9.54. The average Bonchev–Trinajstić information content (AvgIpc) is 2.90. The maximum Gasteiger partial charge on any atom is 0.255 e. The largest absolute Gasteiger partial charge is 0.508 e. The van der Waals surface area contributed by atoms with Gasteiger partial charge in [-0.25, -0.2) is 0 Å². The van der Waals surface area contributed by atoms with E-state index in [0.29, 0.717) is 29.6 Å². The van der Waals surface area contributed by atoms with Crippen molar-refractivity contribution < 1.29 is 34.8 Å². The van der Waals surface area contributed by atoms with Gasteiger partial charge in [-0.3, -0.25) is 14.4 Å². The molecule has 7 N–H and O–H groups in total. The Hall–Kier alpha value is -3.37. The van der Waals surface area contributed by atoms with Crippen LogP contribution in [0.5, 0.6) is 5.75 Å². The van der Waals surface area contributed by atoms with Crippen molar-refractivity contribution in [2.24, 2.45) is 35.3 Å². The number of anilines is 1.